The molecule has 0 aliphatic carbocycles. The number of hydrogen-bond donors (Lipinski definition) is 1. The Bertz CT molecular complexity index is 1000. The van der Waals surface area contributed by atoms with E-state index in [4.69, 9.17) is 10.5 Å². The van der Waals surface area contributed by atoms with Crippen LogP contribution in [0.5, 0.6) is 5.75 Å². The number of hydrogen-bond acceptors (Lipinski definition) is 4. The molecule has 3 aromatic rings. The second-order valence-electron chi connectivity index (χ2n) is 5.73. The molecule has 0 unspecified atom stereocenters. The predicted octanol–water partition coefficient (Wildman–Crippen LogP) is 4.59. The Kier molecular flexibility index (Phi) is 4.85. The third-order valence-electron chi connectivity index (χ3n) is 4.05. The molecule has 3 rings (SSSR count). The third kappa shape index (κ3) is 3.62. The molecule has 0 radical (unpaired) electrons. The third-order valence-corrected chi connectivity index (χ3v) is 4.05. The molecule has 138 valence electrons. The lowest BCUT2D eigenvalue weighted by Gasteiger charge is -2.13. The van der Waals surface area contributed by atoms with Crippen molar-refractivity contribution in [3.8, 4) is 17.0 Å². The van der Waals surface area contributed by atoms with Crippen molar-refractivity contribution in [3.05, 3.63) is 77.5 Å². The van der Waals surface area contributed by atoms with Crippen molar-refractivity contribution >= 4 is 11.5 Å². The Morgan fingerprint density at radius 1 is 1.07 bits per heavy atom. The summed E-state index contributed by atoms with van der Waals surface area (Å²) in [6, 6.07) is 12.6. The standard InChI is InChI=1S/C20H15F3N2O2/c1-27-16-8-3-2-7-14(16)18-17(24)15(9-10-25-18)19(26)12-5-4-6-13(11-12)20(21,22)23/h2-11H,24H2,1H3. The maximum atomic E-state index is 12.9. The molecular formula is C20H15F3N2O2. The second kappa shape index (κ2) is 7.11. The minimum Gasteiger partial charge on any atom is -0.496 e. The number of pyridine rings is 1. The summed E-state index contributed by atoms with van der Waals surface area (Å²) in [5.74, 6) is -0.0995. The lowest BCUT2D eigenvalue weighted by molar-refractivity contribution is -0.137. The van der Waals surface area contributed by atoms with Gasteiger partial charge in [0.1, 0.15) is 5.75 Å². The number of rotatable bonds is 4. The van der Waals surface area contributed by atoms with E-state index in [-0.39, 0.29) is 16.8 Å². The first-order valence-corrected chi connectivity index (χ1v) is 7.92. The van der Waals surface area contributed by atoms with Gasteiger partial charge in [-0.15, -0.1) is 0 Å². The molecule has 1 aromatic heterocycles. The number of nitrogen functional groups attached to an aromatic ring is 1. The van der Waals surface area contributed by atoms with Crippen LogP contribution in [0.1, 0.15) is 21.5 Å². The van der Waals surface area contributed by atoms with Gasteiger partial charge >= 0.3 is 6.18 Å². The van der Waals surface area contributed by atoms with Gasteiger partial charge in [-0.3, -0.25) is 9.78 Å². The van der Waals surface area contributed by atoms with Gasteiger partial charge in [-0.2, -0.15) is 13.2 Å². The Hall–Kier alpha value is -3.35. The zero-order chi connectivity index (χ0) is 19.6. The number of carbonyl (C=O) groups is 1. The number of benzene rings is 2. The number of nitrogens with two attached hydrogens (primary N) is 1. The van der Waals surface area contributed by atoms with E-state index in [1.807, 2.05) is 0 Å². The molecule has 7 heteroatoms. The van der Waals surface area contributed by atoms with Crippen LogP contribution in [0, 0.1) is 0 Å². The van der Waals surface area contributed by atoms with E-state index in [1.165, 1.54) is 31.5 Å². The van der Waals surface area contributed by atoms with Crippen molar-refractivity contribution in [2.45, 2.75) is 6.18 Å². The summed E-state index contributed by atoms with van der Waals surface area (Å²) in [5, 5.41) is 0. The summed E-state index contributed by atoms with van der Waals surface area (Å²) in [4.78, 5) is 17.0. The lowest BCUT2D eigenvalue weighted by Crippen LogP contribution is -2.10. The molecule has 0 saturated carbocycles. The fourth-order valence-corrected chi connectivity index (χ4v) is 2.72. The molecule has 0 aliphatic rings. The van der Waals surface area contributed by atoms with Crippen LogP contribution in [0.3, 0.4) is 0 Å². The Morgan fingerprint density at radius 2 is 1.81 bits per heavy atom. The summed E-state index contributed by atoms with van der Waals surface area (Å²) < 4.78 is 44.1. The monoisotopic (exact) mass is 372 g/mol. The predicted molar refractivity (Wildman–Crippen MR) is 95.5 cm³/mol. The first-order valence-electron chi connectivity index (χ1n) is 7.92. The van der Waals surface area contributed by atoms with Crippen molar-refractivity contribution in [1.29, 1.82) is 0 Å². The molecule has 2 aromatic carbocycles. The molecule has 0 atom stereocenters. The Labute approximate surface area is 153 Å². The first kappa shape index (κ1) is 18.4. The summed E-state index contributed by atoms with van der Waals surface area (Å²) in [5.41, 5.74) is 6.19. The Balaban J connectivity index is 2.08. The van der Waals surface area contributed by atoms with Crippen LogP contribution < -0.4 is 10.5 Å². The van der Waals surface area contributed by atoms with Gasteiger partial charge in [0.05, 0.1) is 24.1 Å². The number of alkyl halides is 3. The highest BCUT2D eigenvalue weighted by molar-refractivity contribution is 6.13. The summed E-state index contributed by atoms with van der Waals surface area (Å²) in [7, 11) is 1.49. The van der Waals surface area contributed by atoms with E-state index >= 15 is 0 Å². The van der Waals surface area contributed by atoms with Crippen molar-refractivity contribution in [1.82, 2.24) is 4.98 Å². The van der Waals surface area contributed by atoms with Gasteiger partial charge in [0.25, 0.3) is 0 Å². The summed E-state index contributed by atoms with van der Waals surface area (Å²) in [6.07, 6.45) is -3.15. The van der Waals surface area contributed by atoms with Crippen molar-refractivity contribution in [3.63, 3.8) is 0 Å². The smallest absolute Gasteiger partial charge is 0.416 e. The highest BCUT2D eigenvalue weighted by Gasteiger charge is 2.31. The van der Waals surface area contributed by atoms with Gasteiger partial charge in [-0.25, -0.2) is 0 Å². The zero-order valence-electron chi connectivity index (χ0n) is 14.2. The SMILES string of the molecule is COc1ccccc1-c1nccc(C(=O)c2cccc(C(F)(F)F)c2)c1N. The van der Waals surface area contributed by atoms with Gasteiger partial charge in [-0.05, 0) is 30.3 Å². The fourth-order valence-electron chi connectivity index (χ4n) is 2.72. The summed E-state index contributed by atoms with van der Waals surface area (Å²) in [6.45, 7) is 0. The molecule has 0 saturated heterocycles. The van der Waals surface area contributed by atoms with Crippen LogP contribution in [-0.4, -0.2) is 17.9 Å². The molecule has 0 spiro atoms. The highest BCUT2D eigenvalue weighted by atomic mass is 19.4. The minimum atomic E-state index is -4.54. The minimum absolute atomic E-state index is 0.0735. The van der Waals surface area contributed by atoms with Crippen LogP contribution >= 0.6 is 0 Å². The number of ether oxygens (including phenoxy) is 1. The number of para-hydroxylation sites is 1. The van der Waals surface area contributed by atoms with E-state index in [0.717, 1.165) is 12.1 Å². The number of anilines is 1. The van der Waals surface area contributed by atoms with Crippen molar-refractivity contribution in [2.24, 2.45) is 0 Å². The quantitative estimate of drug-likeness (QED) is 0.681. The molecule has 0 amide bonds. The molecule has 2 N–H and O–H groups in total. The fraction of sp³-hybridized carbons (Fsp3) is 0.100. The highest BCUT2D eigenvalue weighted by Crippen LogP contribution is 2.35. The topological polar surface area (TPSA) is 65.2 Å². The van der Waals surface area contributed by atoms with Crippen LogP contribution in [0.2, 0.25) is 0 Å². The Morgan fingerprint density at radius 3 is 2.52 bits per heavy atom. The van der Waals surface area contributed by atoms with Crippen molar-refractivity contribution in [2.75, 3.05) is 12.8 Å². The maximum Gasteiger partial charge on any atom is 0.416 e. The maximum absolute atomic E-state index is 12.9. The average molecular weight is 372 g/mol. The molecule has 0 bridgehead atoms. The van der Waals surface area contributed by atoms with Gasteiger partial charge in [-0.1, -0.05) is 24.3 Å². The van der Waals surface area contributed by atoms with Crippen LogP contribution in [0.25, 0.3) is 11.3 Å². The van der Waals surface area contributed by atoms with E-state index in [2.05, 4.69) is 4.98 Å². The number of halogens is 3. The average Bonchev–Trinajstić information content (AvgIpc) is 2.67. The number of ketones is 1. The van der Waals surface area contributed by atoms with E-state index in [1.54, 1.807) is 24.3 Å². The molecule has 0 fully saturated rings. The zero-order valence-corrected chi connectivity index (χ0v) is 14.2. The van der Waals surface area contributed by atoms with Crippen LogP contribution in [-0.2, 0) is 6.18 Å². The van der Waals surface area contributed by atoms with Gasteiger partial charge in [0.2, 0.25) is 0 Å². The molecule has 0 aliphatic heterocycles. The lowest BCUT2D eigenvalue weighted by atomic mass is 9.98. The number of methoxy groups -OCH3 is 1. The van der Waals surface area contributed by atoms with Gasteiger partial charge in [0, 0.05) is 22.9 Å². The molecular weight excluding hydrogens is 357 g/mol. The first-order chi connectivity index (χ1) is 12.8. The van der Waals surface area contributed by atoms with Gasteiger partial charge in [0.15, 0.2) is 5.78 Å². The molecule has 27 heavy (non-hydrogen) atoms. The number of carbonyl (C=O) groups excluding carboxylic acids is 1. The summed E-state index contributed by atoms with van der Waals surface area (Å²) >= 11 is 0. The molecule has 4 nitrogen and oxygen atoms in total. The van der Waals surface area contributed by atoms with E-state index in [9.17, 15) is 18.0 Å². The van der Waals surface area contributed by atoms with Gasteiger partial charge < -0.3 is 10.5 Å². The van der Waals surface area contributed by atoms with E-state index in [0.29, 0.717) is 17.0 Å². The number of nitrogens with zero attached hydrogens (tertiary/aromatic N) is 1. The van der Waals surface area contributed by atoms with Crippen LogP contribution in [0.4, 0.5) is 18.9 Å². The van der Waals surface area contributed by atoms with E-state index < -0.39 is 17.5 Å². The number of aromatic nitrogens is 1. The normalized spacial score (nSPS) is 11.3. The van der Waals surface area contributed by atoms with Crippen molar-refractivity contribution < 1.29 is 22.7 Å². The largest absolute Gasteiger partial charge is 0.496 e. The second-order valence-corrected chi connectivity index (χ2v) is 5.73. The molecule has 1 heterocycles. The van der Waals surface area contributed by atoms with Crippen LogP contribution in [0.15, 0.2) is 60.8 Å².